The molecular weight excluding hydrogens is 298 g/mol. The first-order chi connectivity index (χ1) is 10.8. The normalized spacial score (nSPS) is 29.7. The number of likely N-dealkylation sites (N-methyl/N-ethyl adjacent to an activating group) is 1. The minimum atomic E-state index is -0.482. The molecule has 8 nitrogen and oxygen atoms in total. The average Bonchev–Trinajstić information content (AvgIpc) is 2.95. The molecule has 8 heteroatoms. The second-order valence-corrected chi connectivity index (χ2v) is 6.49. The molecule has 0 radical (unpaired) electrons. The monoisotopic (exact) mass is 325 g/mol. The first-order valence-electron chi connectivity index (χ1n) is 8.22. The molecule has 2 rings (SSSR count). The first kappa shape index (κ1) is 17.7. The molecule has 5 atom stereocenters. The summed E-state index contributed by atoms with van der Waals surface area (Å²) in [5.74, 6) is 0.112. The summed E-state index contributed by atoms with van der Waals surface area (Å²) in [6, 6.07) is -0.745. The Morgan fingerprint density at radius 3 is 2.65 bits per heavy atom. The number of nitrogens with one attached hydrogen (secondary N) is 4. The topological polar surface area (TPSA) is 103 Å². The Bertz CT molecular complexity index is 484. The molecule has 2 aliphatic rings. The van der Waals surface area contributed by atoms with Gasteiger partial charge >= 0.3 is 6.03 Å². The molecule has 2 fully saturated rings. The van der Waals surface area contributed by atoms with E-state index in [4.69, 9.17) is 0 Å². The van der Waals surface area contributed by atoms with Gasteiger partial charge in [0, 0.05) is 19.5 Å². The van der Waals surface area contributed by atoms with Gasteiger partial charge in [-0.05, 0) is 19.3 Å². The Morgan fingerprint density at radius 2 is 2.00 bits per heavy atom. The van der Waals surface area contributed by atoms with E-state index in [1.54, 1.807) is 7.05 Å². The maximum atomic E-state index is 12.0. The Labute approximate surface area is 136 Å². The van der Waals surface area contributed by atoms with Crippen molar-refractivity contribution in [3.8, 4) is 0 Å². The lowest BCUT2D eigenvalue weighted by Gasteiger charge is -2.32. The molecule has 0 aromatic heterocycles. The first-order valence-corrected chi connectivity index (χ1v) is 8.22. The number of urea groups is 1. The standard InChI is InChI=1S/C15H27N5O3/c1-5-8(2)9(3)16-11(21)7-6-10-17-12-13(18-10)20(4)15(23)19-14(12)22/h8-10,12-13,17-18H,5-7H2,1-4H3,(H,16,21)(H,19,22,23). The van der Waals surface area contributed by atoms with E-state index in [-0.39, 0.29) is 30.2 Å². The zero-order valence-electron chi connectivity index (χ0n) is 14.2. The third-order valence-corrected chi connectivity index (χ3v) is 4.86. The highest BCUT2D eigenvalue weighted by Gasteiger charge is 2.45. The Kier molecular flexibility index (Phi) is 5.59. The van der Waals surface area contributed by atoms with Crippen LogP contribution in [-0.2, 0) is 9.59 Å². The van der Waals surface area contributed by atoms with Gasteiger partial charge in [0.25, 0.3) is 0 Å². The van der Waals surface area contributed by atoms with Crippen LogP contribution in [0.4, 0.5) is 4.79 Å². The minimum Gasteiger partial charge on any atom is -0.353 e. The van der Waals surface area contributed by atoms with Gasteiger partial charge in [-0.1, -0.05) is 20.3 Å². The summed E-state index contributed by atoms with van der Waals surface area (Å²) < 4.78 is 0. The highest BCUT2D eigenvalue weighted by Crippen LogP contribution is 2.15. The van der Waals surface area contributed by atoms with Crippen LogP contribution in [-0.4, -0.2) is 54.2 Å². The number of nitrogens with zero attached hydrogens (tertiary/aromatic N) is 1. The fourth-order valence-corrected chi connectivity index (χ4v) is 2.87. The molecule has 130 valence electrons. The van der Waals surface area contributed by atoms with E-state index in [1.807, 2.05) is 6.92 Å². The second-order valence-electron chi connectivity index (χ2n) is 6.49. The van der Waals surface area contributed by atoms with Crippen LogP contribution in [0.2, 0.25) is 0 Å². The summed E-state index contributed by atoms with van der Waals surface area (Å²) in [5.41, 5.74) is 0. The molecule has 2 aliphatic heterocycles. The van der Waals surface area contributed by atoms with Gasteiger partial charge in [0.15, 0.2) is 0 Å². The lowest BCUT2D eigenvalue weighted by Crippen LogP contribution is -2.64. The highest BCUT2D eigenvalue weighted by molar-refractivity contribution is 6.00. The number of carbonyl (C=O) groups is 3. The fraction of sp³-hybridized carbons (Fsp3) is 0.800. The van der Waals surface area contributed by atoms with E-state index in [2.05, 4.69) is 35.1 Å². The van der Waals surface area contributed by atoms with Gasteiger partial charge in [-0.3, -0.25) is 25.5 Å². The molecule has 23 heavy (non-hydrogen) atoms. The molecule has 4 amide bonds. The molecule has 4 N–H and O–H groups in total. The van der Waals surface area contributed by atoms with E-state index in [0.717, 1.165) is 6.42 Å². The zero-order valence-corrected chi connectivity index (χ0v) is 14.2. The van der Waals surface area contributed by atoms with Crippen LogP contribution >= 0.6 is 0 Å². The van der Waals surface area contributed by atoms with Gasteiger partial charge in [-0.15, -0.1) is 0 Å². The second kappa shape index (κ2) is 7.27. The zero-order chi connectivity index (χ0) is 17.1. The predicted molar refractivity (Wildman–Crippen MR) is 85.2 cm³/mol. The Hall–Kier alpha value is -1.67. The Morgan fingerprint density at radius 1 is 1.30 bits per heavy atom. The molecule has 0 saturated carbocycles. The predicted octanol–water partition coefficient (Wildman–Crippen LogP) is -0.287. The lowest BCUT2D eigenvalue weighted by molar-refractivity contribution is -0.124. The molecule has 0 aliphatic carbocycles. The SMILES string of the molecule is CCC(C)C(C)NC(=O)CCC1NC2C(=O)NC(=O)N(C)C2N1. The Balaban J connectivity index is 1.80. The molecule has 2 saturated heterocycles. The van der Waals surface area contributed by atoms with Crippen LogP contribution in [0.15, 0.2) is 0 Å². The van der Waals surface area contributed by atoms with Gasteiger partial charge in [0.05, 0.1) is 6.17 Å². The lowest BCUT2D eigenvalue weighted by atomic mass is 10.0. The molecule has 2 heterocycles. The smallest absolute Gasteiger partial charge is 0.325 e. The largest absolute Gasteiger partial charge is 0.353 e. The van der Waals surface area contributed by atoms with Crippen molar-refractivity contribution >= 4 is 17.8 Å². The third kappa shape index (κ3) is 4.00. The molecule has 0 aromatic carbocycles. The quantitative estimate of drug-likeness (QED) is 0.538. The number of imide groups is 1. The summed E-state index contributed by atoms with van der Waals surface area (Å²) in [6.45, 7) is 6.23. The fourth-order valence-electron chi connectivity index (χ4n) is 2.87. The van der Waals surface area contributed by atoms with Gasteiger partial charge in [0.2, 0.25) is 11.8 Å². The number of fused-ring (bicyclic) bond motifs is 1. The van der Waals surface area contributed by atoms with E-state index in [1.165, 1.54) is 4.90 Å². The highest BCUT2D eigenvalue weighted by atomic mass is 16.2. The van der Waals surface area contributed by atoms with Crippen molar-refractivity contribution in [1.29, 1.82) is 0 Å². The van der Waals surface area contributed by atoms with Crippen LogP contribution < -0.4 is 21.3 Å². The minimum absolute atomic E-state index is 0.00477. The van der Waals surface area contributed by atoms with Gasteiger partial charge in [0.1, 0.15) is 12.2 Å². The van der Waals surface area contributed by atoms with Gasteiger partial charge < -0.3 is 10.2 Å². The van der Waals surface area contributed by atoms with Crippen LogP contribution in [0.5, 0.6) is 0 Å². The van der Waals surface area contributed by atoms with Gasteiger partial charge in [-0.25, -0.2) is 4.79 Å². The third-order valence-electron chi connectivity index (χ3n) is 4.86. The molecular formula is C15H27N5O3. The van der Waals surface area contributed by atoms with Crippen molar-refractivity contribution in [1.82, 2.24) is 26.2 Å². The van der Waals surface area contributed by atoms with Crippen LogP contribution in [0.1, 0.15) is 40.0 Å². The van der Waals surface area contributed by atoms with E-state index >= 15 is 0 Å². The number of hydrogen-bond acceptors (Lipinski definition) is 5. The van der Waals surface area contributed by atoms with Crippen molar-refractivity contribution in [2.45, 2.75) is 64.4 Å². The molecule has 0 aromatic rings. The van der Waals surface area contributed by atoms with Crippen molar-refractivity contribution < 1.29 is 14.4 Å². The maximum Gasteiger partial charge on any atom is 0.325 e. The maximum absolute atomic E-state index is 12.0. The van der Waals surface area contributed by atoms with Crippen molar-refractivity contribution in [2.75, 3.05) is 7.05 Å². The summed E-state index contributed by atoms with van der Waals surface area (Å²) in [4.78, 5) is 36.9. The number of carbonyl (C=O) groups excluding carboxylic acids is 3. The van der Waals surface area contributed by atoms with Crippen molar-refractivity contribution in [3.05, 3.63) is 0 Å². The number of hydrogen-bond donors (Lipinski definition) is 4. The van der Waals surface area contributed by atoms with Crippen LogP contribution in [0.3, 0.4) is 0 Å². The van der Waals surface area contributed by atoms with Crippen LogP contribution in [0, 0.1) is 5.92 Å². The molecule has 0 bridgehead atoms. The van der Waals surface area contributed by atoms with Crippen molar-refractivity contribution in [3.63, 3.8) is 0 Å². The number of rotatable bonds is 6. The van der Waals surface area contributed by atoms with Crippen LogP contribution in [0.25, 0.3) is 0 Å². The van der Waals surface area contributed by atoms with E-state index < -0.39 is 12.1 Å². The summed E-state index contributed by atoms with van der Waals surface area (Å²) in [7, 11) is 1.64. The van der Waals surface area contributed by atoms with E-state index in [0.29, 0.717) is 18.8 Å². The summed E-state index contributed by atoms with van der Waals surface area (Å²) >= 11 is 0. The summed E-state index contributed by atoms with van der Waals surface area (Å²) in [6.07, 6.45) is 1.40. The number of amides is 4. The average molecular weight is 325 g/mol. The molecule has 5 unspecified atom stereocenters. The molecule has 0 spiro atoms. The summed E-state index contributed by atoms with van der Waals surface area (Å²) in [5, 5.41) is 11.6. The van der Waals surface area contributed by atoms with Gasteiger partial charge in [-0.2, -0.15) is 0 Å². The van der Waals surface area contributed by atoms with Crippen molar-refractivity contribution in [2.24, 2.45) is 5.92 Å². The van der Waals surface area contributed by atoms with E-state index in [9.17, 15) is 14.4 Å².